The standard InChI is InChI=1S/C5H6ClNO2S/c6-3-1-2-4-7-10-5(8)9-4/h1-3H2. The van der Waals surface area contributed by atoms with Crippen molar-refractivity contribution in [3.8, 4) is 0 Å². The molecule has 0 aliphatic rings. The lowest BCUT2D eigenvalue weighted by molar-refractivity contribution is 0.466. The Morgan fingerprint density at radius 3 is 3.00 bits per heavy atom. The van der Waals surface area contributed by atoms with E-state index in [1.54, 1.807) is 0 Å². The zero-order valence-electron chi connectivity index (χ0n) is 5.17. The first-order valence-electron chi connectivity index (χ1n) is 2.84. The van der Waals surface area contributed by atoms with Crippen LogP contribution in [-0.2, 0) is 6.42 Å². The molecule has 0 spiro atoms. The third kappa shape index (κ3) is 2.11. The molecule has 0 radical (unpaired) electrons. The van der Waals surface area contributed by atoms with Gasteiger partial charge in [0, 0.05) is 23.8 Å². The Labute approximate surface area is 66.8 Å². The van der Waals surface area contributed by atoms with Crippen molar-refractivity contribution in [2.75, 3.05) is 5.88 Å². The topological polar surface area (TPSA) is 43.1 Å². The van der Waals surface area contributed by atoms with Crippen LogP contribution >= 0.6 is 23.1 Å². The fraction of sp³-hybridized carbons (Fsp3) is 0.600. The highest BCUT2D eigenvalue weighted by molar-refractivity contribution is 7.02. The Hall–Kier alpha value is -0.350. The van der Waals surface area contributed by atoms with Gasteiger partial charge in [0.15, 0.2) is 0 Å². The molecule has 10 heavy (non-hydrogen) atoms. The first-order valence-corrected chi connectivity index (χ1v) is 4.15. The first-order chi connectivity index (χ1) is 4.83. The summed E-state index contributed by atoms with van der Waals surface area (Å²) >= 11 is 6.25. The average Bonchev–Trinajstić information content (AvgIpc) is 2.31. The van der Waals surface area contributed by atoms with Crippen molar-refractivity contribution in [3.05, 3.63) is 15.6 Å². The summed E-state index contributed by atoms with van der Waals surface area (Å²) in [7, 11) is 0. The molecule has 0 aliphatic heterocycles. The van der Waals surface area contributed by atoms with Gasteiger partial charge in [-0.25, -0.2) is 4.79 Å². The lowest BCUT2D eigenvalue weighted by Crippen LogP contribution is -1.87. The Morgan fingerprint density at radius 1 is 1.70 bits per heavy atom. The largest absolute Gasteiger partial charge is 0.414 e. The summed E-state index contributed by atoms with van der Waals surface area (Å²) in [6.45, 7) is 0. The minimum absolute atomic E-state index is 0.343. The number of rotatable bonds is 3. The van der Waals surface area contributed by atoms with E-state index in [2.05, 4.69) is 8.79 Å². The van der Waals surface area contributed by atoms with E-state index in [0.717, 1.165) is 18.0 Å². The number of nitrogens with zero attached hydrogens (tertiary/aromatic N) is 1. The van der Waals surface area contributed by atoms with Crippen LogP contribution in [0.25, 0.3) is 0 Å². The molecule has 1 rings (SSSR count). The molecule has 5 heteroatoms. The second-order valence-corrected chi connectivity index (χ2v) is 2.80. The third-order valence-corrected chi connectivity index (χ3v) is 1.74. The second kappa shape index (κ2) is 3.73. The molecule has 0 N–H and O–H groups in total. The quantitative estimate of drug-likeness (QED) is 0.657. The summed E-state index contributed by atoms with van der Waals surface area (Å²) in [6.07, 6.45) is 1.45. The maximum absolute atomic E-state index is 10.4. The molecule has 0 aliphatic carbocycles. The van der Waals surface area contributed by atoms with E-state index in [-0.39, 0.29) is 4.94 Å². The molecule has 0 aromatic carbocycles. The van der Waals surface area contributed by atoms with Crippen LogP contribution in [0.3, 0.4) is 0 Å². The average molecular weight is 180 g/mol. The molecule has 0 amide bonds. The normalized spacial score (nSPS) is 10.1. The van der Waals surface area contributed by atoms with Gasteiger partial charge in [0.1, 0.15) is 0 Å². The SMILES string of the molecule is O=c1oc(CCCCl)ns1. The summed E-state index contributed by atoms with van der Waals surface area (Å²) < 4.78 is 8.44. The third-order valence-electron chi connectivity index (χ3n) is 0.947. The van der Waals surface area contributed by atoms with Gasteiger partial charge in [0.25, 0.3) is 0 Å². The maximum Gasteiger partial charge on any atom is 0.414 e. The summed E-state index contributed by atoms with van der Waals surface area (Å²) in [5.74, 6) is 1.07. The number of aryl methyl sites for hydroxylation is 1. The van der Waals surface area contributed by atoms with Gasteiger partial charge in [-0.05, 0) is 6.42 Å². The minimum atomic E-state index is -0.343. The van der Waals surface area contributed by atoms with Crippen molar-refractivity contribution in [2.24, 2.45) is 0 Å². The van der Waals surface area contributed by atoms with Crippen LogP contribution in [0.2, 0.25) is 0 Å². The molecule has 0 saturated heterocycles. The number of aromatic nitrogens is 1. The lowest BCUT2D eigenvalue weighted by Gasteiger charge is -1.86. The predicted molar refractivity (Wildman–Crippen MR) is 39.7 cm³/mol. The van der Waals surface area contributed by atoms with E-state index in [1.807, 2.05) is 0 Å². The Balaban J connectivity index is 2.50. The molecular weight excluding hydrogens is 174 g/mol. The van der Waals surface area contributed by atoms with E-state index in [1.165, 1.54) is 0 Å². The molecule has 0 fully saturated rings. The lowest BCUT2D eigenvalue weighted by atomic mass is 10.3. The van der Waals surface area contributed by atoms with Crippen LogP contribution in [0.4, 0.5) is 0 Å². The zero-order valence-corrected chi connectivity index (χ0v) is 6.74. The van der Waals surface area contributed by atoms with E-state index >= 15 is 0 Å². The van der Waals surface area contributed by atoms with E-state index in [9.17, 15) is 4.79 Å². The zero-order chi connectivity index (χ0) is 7.40. The smallest absolute Gasteiger partial charge is 0.399 e. The molecular formula is C5H6ClNO2S. The van der Waals surface area contributed by atoms with E-state index in [4.69, 9.17) is 11.6 Å². The number of alkyl halides is 1. The van der Waals surface area contributed by atoms with Crippen molar-refractivity contribution in [3.63, 3.8) is 0 Å². The van der Waals surface area contributed by atoms with Crippen molar-refractivity contribution in [1.29, 1.82) is 0 Å². The van der Waals surface area contributed by atoms with Gasteiger partial charge in [0.2, 0.25) is 5.89 Å². The van der Waals surface area contributed by atoms with Gasteiger partial charge in [-0.1, -0.05) is 0 Å². The van der Waals surface area contributed by atoms with E-state index in [0.29, 0.717) is 18.2 Å². The number of hydrogen-bond donors (Lipinski definition) is 0. The van der Waals surface area contributed by atoms with Gasteiger partial charge in [0.05, 0.1) is 0 Å². The first kappa shape index (κ1) is 7.75. The maximum atomic E-state index is 10.4. The molecule has 3 nitrogen and oxygen atoms in total. The Morgan fingerprint density at radius 2 is 2.50 bits per heavy atom. The summed E-state index contributed by atoms with van der Waals surface area (Å²) in [6, 6.07) is 0. The van der Waals surface area contributed by atoms with Gasteiger partial charge in [-0.3, -0.25) is 0 Å². The molecule has 1 aromatic heterocycles. The fourth-order valence-corrected chi connectivity index (χ4v) is 1.11. The van der Waals surface area contributed by atoms with Crippen LogP contribution in [0.1, 0.15) is 12.3 Å². The van der Waals surface area contributed by atoms with Crippen LogP contribution in [0, 0.1) is 0 Å². The minimum Gasteiger partial charge on any atom is -0.399 e. The highest BCUT2D eigenvalue weighted by Crippen LogP contribution is 1.98. The van der Waals surface area contributed by atoms with E-state index < -0.39 is 0 Å². The Bertz CT molecular complexity index is 244. The highest BCUT2D eigenvalue weighted by atomic mass is 35.5. The van der Waals surface area contributed by atoms with Crippen molar-refractivity contribution in [1.82, 2.24) is 4.37 Å². The van der Waals surface area contributed by atoms with Crippen LogP contribution in [0.15, 0.2) is 9.21 Å². The van der Waals surface area contributed by atoms with Crippen molar-refractivity contribution < 1.29 is 4.42 Å². The van der Waals surface area contributed by atoms with Crippen molar-refractivity contribution >= 4 is 23.1 Å². The monoisotopic (exact) mass is 179 g/mol. The predicted octanol–water partition coefficient (Wildman–Crippen LogP) is 1.27. The summed E-state index contributed by atoms with van der Waals surface area (Å²) in [5.41, 5.74) is 0. The summed E-state index contributed by atoms with van der Waals surface area (Å²) in [4.78, 5) is 10.1. The highest BCUT2D eigenvalue weighted by Gasteiger charge is 1.99. The number of hydrogen-bond acceptors (Lipinski definition) is 4. The second-order valence-electron chi connectivity index (χ2n) is 1.72. The van der Waals surface area contributed by atoms with Gasteiger partial charge in [-0.15, -0.1) is 11.6 Å². The fourth-order valence-electron chi connectivity index (χ4n) is 0.536. The van der Waals surface area contributed by atoms with Crippen LogP contribution < -0.4 is 4.94 Å². The molecule has 0 atom stereocenters. The molecule has 56 valence electrons. The summed E-state index contributed by atoms with van der Waals surface area (Å²) in [5, 5.41) is 0. The van der Waals surface area contributed by atoms with Crippen LogP contribution in [-0.4, -0.2) is 10.3 Å². The molecule has 0 saturated carbocycles. The molecule has 1 aromatic rings. The van der Waals surface area contributed by atoms with Gasteiger partial charge in [-0.2, -0.15) is 4.37 Å². The molecule has 1 heterocycles. The number of halogens is 1. The molecule has 0 bridgehead atoms. The van der Waals surface area contributed by atoms with Crippen molar-refractivity contribution in [2.45, 2.75) is 12.8 Å². The van der Waals surface area contributed by atoms with Crippen LogP contribution in [0.5, 0.6) is 0 Å². The van der Waals surface area contributed by atoms with Gasteiger partial charge < -0.3 is 4.42 Å². The molecule has 0 unspecified atom stereocenters. The van der Waals surface area contributed by atoms with Gasteiger partial charge >= 0.3 is 4.94 Å². The Kier molecular flexibility index (Phi) is 2.89.